The van der Waals surface area contributed by atoms with Crippen molar-refractivity contribution >= 4 is 35.5 Å². The van der Waals surface area contributed by atoms with E-state index in [9.17, 15) is 24.3 Å². The van der Waals surface area contributed by atoms with Gasteiger partial charge in [-0.15, -0.1) is 0 Å². The Morgan fingerprint density at radius 2 is 2.06 bits per heavy atom. The van der Waals surface area contributed by atoms with Gasteiger partial charge in [-0.2, -0.15) is 11.8 Å². The second kappa shape index (κ2) is 12.6. The van der Waals surface area contributed by atoms with Gasteiger partial charge in [-0.25, -0.2) is 9.78 Å². The van der Waals surface area contributed by atoms with Crippen LogP contribution in [-0.2, 0) is 25.6 Å². The van der Waals surface area contributed by atoms with Crippen molar-refractivity contribution in [3.05, 3.63) is 18.2 Å². The predicted octanol–water partition coefficient (Wildman–Crippen LogP) is -0.266. The third-order valence-electron chi connectivity index (χ3n) is 5.63. The second-order valence-corrected chi connectivity index (χ2v) is 9.47. The fraction of sp³-hybridized carbons (Fsp3) is 0.667. The maximum Gasteiger partial charge on any atom is 0.326 e. The van der Waals surface area contributed by atoms with E-state index in [1.165, 1.54) is 17.4 Å². The van der Waals surface area contributed by atoms with Gasteiger partial charge in [0.15, 0.2) is 0 Å². The molecule has 1 aliphatic rings. The van der Waals surface area contributed by atoms with Crippen molar-refractivity contribution in [2.24, 2.45) is 11.7 Å². The van der Waals surface area contributed by atoms with E-state index in [4.69, 9.17) is 5.73 Å². The van der Waals surface area contributed by atoms with Gasteiger partial charge in [0.05, 0.1) is 12.4 Å². The Morgan fingerprint density at radius 3 is 2.64 bits per heavy atom. The highest BCUT2D eigenvalue weighted by Gasteiger charge is 2.38. The summed E-state index contributed by atoms with van der Waals surface area (Å²) in [4.78, 5) is 58.5. The number of likely N-dealkylation sites (tertiary alicyclic amines) is 1. The lowest BCUT2D eigenvalue weighted by atomic mass is 10.0. The minimum atomic E-state index is -1.20. The van der Waals surface area contributed by atoms with Crippen molar-refractivity contribution in [3.63, 3.8) is 0 Å². The number of aliphatic carboxylic acids is 1. The SMILES string of the molecule is CSCCC(N)C(=O)N1CCCC1C(=O)NC(C(=O)NC(Cc1cnc[nH]1)C(=O)O)C(C)C. The summed E-state index contributed by atoms with van der Waals surface area (Å²) in [5, 5.41) is 14.7. The van der Waals surface area contributed by atoms with Crippen molar-refractivity contribution in [1.82, 2.24) is 25.5 Å². The fourth-order valence-electron chi connectivity index (χ4n) is 3.75. The number of amides is 3. The van der Waals surface area contributed by atoms with Gasteiger partial charge in [0, 0.05) is 24.9 Å². The van der Waals surface area contributed by atoms with Crippen molar-refractivity contribution in [3.8, 4) is 0 Å². The molecule has 0 aromatic carbocycles. The zero-order valence-electron chi connectivity index (χ0n) is 19.2. The van der Waals surface area contributed by atoms with Crippen molar-refractivity contribution in [2.45, 2.75) is 63.7 Å². The maximum absolute atomic E-state index is 13.0. The average molecular weight is 483 g/mol. The number of carbonyl (C=O) groups is 4. The quantitative estimate of drug-likeness (QED) is 0.271. The van der Waals surface area contributed by atoms with Crippen LogP contribution in [0.25, 0.3) is 0 Å². The van der Waals surface area contributed by atoms with Crippen LogP contribution in [-0.4, -0.2) is 86.4 Å². The average Bonchev–Trinajstić information content (AvgIpc) is 3.46. The van der Waals surface area contributed by atoms with E-state index in [1.807, 2.05) is 6.26 Å². The van der Waals surface area contributed by atoms with Crippen LogP contribution in [0.4, 0.5) is 0 Å². The summed E-state index contributed by atoms with van der Waals surface area (Å²) >= 11 is 1.60. The first kappa shape index (κ1) is 26.7. The molecule has 1 aliphatic heterocycles. The summed E-state index contributed by atoms with van der Waals surface area (Å²) < 4.78 is 0. The van der Waals surface area contributed by atoms with Crippen molar-refractivity contribution < 1.29 is 24.3 Å². The molecule has 1 fully saturated rings. The first-order valence-electron chi connectivity index (χ1n) is 11.0. The first-order valence-corrected chi connectivity index (χ1v) is 12.4. The molecule has 4 atom stereocenters. The molecule has 1 aromatic heterocycles. The molecule has 184 valence electrons. The molecule has 0 bridgehead atoms. The number of carboxylic acids is 1. The van der Waals surface area contributed by atoms with Crippen LogP contribution in [0.1, 0.15) is 38.8 Å². The molecule has 11 nitrogen and oxygen atoms in total. The summed E-state index contributed by atoms with van der Waals surface area (Å²) in [6.45, 7) is 3.95. The fourth-order valence-corrected chi connectivity index (χ4v) is 4.24. The zero-order chi connectivity index (χ0) is 24.5. The van der Waals surface area contributed by atoms with E-state index in [1.54, 1.807) is 25.6 Å². The summed E-state index contributed by atoms with van der Waals surface area (Å²) in [5.41, 5.74) is 6.58. The number of nitrogens with zero attached hydrogens (tertiary/aromatic N) is 2. The Balaban J connectivity index is 2.04. The number of rotatable bonds is 12. The van der Waals surface area contributed by atoms with Gasteiger partial charge in [0.25, 0.3) is 0 Å². The molecule has 33 heavy (non-hydrogen) atoms. The molecular weight excluding hydrogens is 448 g/mol. The molecule has 6 N–H and O–H groups in total. The minimum Gasteiger partial charge on any atom is -0.480 e. The van der Waals surface area contributed by atoms with Gasteiger partial charge in [-0.1, -0.05) is 13.8 Å². The highest BCUT2D eigenvalue weighted by molar-refractivity contribution is 7.98. The lowest BCUT2D eigenvalue weighted by Gasteiger charge is -2.29. The summed E-state index contributed by atoms with van der Waals surface area (Å²) in [6, 6.07) is -3.51. The van der Waals surface area contributed by atoms with Crippen LogP contribution in [0.3, 0.4) is 0 Å². The van der Waals surface area contributed by atoms with Gasteiger partial charge in [0.1, 0.15) is 18.1 Å². The molecule has 4 unspecified atom stereocenters. The smallest absolute Gasteiger partial charge is 0.326 e. The van der Waals surface area contributed by atoms with Crippen LogP contribution in [0, 0.1) is 5.92 Å². The lowest BCUT2D eigenvalue weighted by molar-refractivity contribution is -0.143. The lowest BCUT2D eigenvalue weighted by Crippen LogP contribution is -2.58. The Kier molecular flexibility index (Phi) is 10.2. The number of hydrogen-bond donors (Lipinski definition) is 5. The van der Waals surface area contributed by atoms with Crippen LogP contribution in [0.15, 0.2) is 12.5 Å². The van der Waals surface area contributed by atoms with Crippen LogP contribution in [0.2, 0.25) is 0 Å². The number of nitrogens with one attached hydrogen (secondary N) is 3. The predicted molar refractivity (Wildman–Crippen MR) is 124 cm³/mol. The summed E-state index contributed by atoms with van der Waals surface area (Å²) in [5.74, 6) is -2.05. The van der Waals surface area contributed by atoms with Crippen molar-refractivity contribution in [2.75, 3.05) is 18.6 Å². The van der Waals surface area contributed by atoms with E-state index in [2.05, 4.69) is 20.6 Å². The minimum absolute atomic E-state index is 0.0265. The Morgan fingerprint density at radius 1 is 1.33 bits per heavy atom. The summed E-state index contributed by atoms with van der Waals surface area (Å²) in [7, 11) is 0. The van der Waals surface area contributed by atoms with Gasteiger partial charge < -0.3 is 31.4 Å². The Labute approximate surface area is 197 Å². The second-order valence-electron chi connectivity index (χ2n) is 8.49. The van der Waals surface area contributed by atoms with E-state index in [-0.39, 0.29) is 18.2 Å². The number of aromatic nitrogens is 2. The van der Waals surface area contributed by atoms with Crippen LogP contribution >= 0.6 is 11.8 Å². The number of carbonyl (C=O) groups excluding carboxylic acids is 3. The normalized spacial score (nSPS) is 18.6. The van der Waals surface area contributed by atoms with E-state index in [0.29, 0.717) is 31.5 Å². The Bertz CT molecular complexity index is 818. The molecule has 1 saturated heterocycles. The maximum atomic E-state index is 13.0. The molecule has 3 amide bonds. The van der Waals surface area contributed by atoms with Gasteiger partial charge in [-0.05, 0) is 37.2 Å². The standard InChI is InChI=1S/C21H34N6O5S/c1-12(2)17(19(29)25-15(21(31)32)9-13-10-23-11-24-13)26-18(28)16-5-4-7-27(16)20(30)14(22)6-8-33-3/h10-12,14-17H,4-9,22H2,1-3H3,(H,23,24)(H,25,29)(H,26,28)(H,31,32). The van der Waals surface area contributed by atoms with Crippen molar-refractivity contribution in [1.29, 1.82) is 0 Å². The topological polar surface area (TPSA) is 171 Å². The number of nitrogens with two attached hydrogens (primary N) is 1. The summed E-state index contributed by atoms with van der Waals surface area (Å²) in [6.07, 6.45) is 6.55. The van der Waals surface area contributed by atoms with Crippen LogP contribution < -0.4 is 16.4 Å². The van der Waals surface area contributed by atoms with Gasteiger partial charge in [0.2, 0.25) is 17.7 Å². The molecule has 0 aliphatic carbocycles. The van der Waals surface area contributed by atoms with E-state index < -0.39 is 42.0 Å². The number of carboxylic acid groups (broad SMARTS) is 1. The third kappa shape index (κ3) is 7.46. The Hall–Kier alpha value is -2.60. The van der Waals surface area contributed by atoms with E-state index in [0.717, 1.165) is 5.75 Å². The number of thioether (sulfide) groups is 1. The molecule has 1 aromatic rings. The third-order valence-corrected chi connectivity index (χ3v) is 6.27. The zero-order valence-corrected chi connectivity index (χ0v) is 20.1. The number of imidazole rings is 1. The largest absolute Gasteiger partial charge is 0.480 e. The van der Waals surface area contributed by atoms with Gasteiger partial charge in [-0.3, -0.25) is 14.4 Å². The molecule has 2 rings (SSSR count). The number of aromatic amines is 1. The number of H-pyrrole nitrogens is 1. The molecule has 2 heterocycles. The van der Waals surface area contributed by atoms with Crippen LogP contribution in [0.5, 0.6) is 0 Å². The van der Waals surface area contributed by atoms with E-state index >= 15 is 0 Å². The molecule has 0 saturated carbocycles. The number of hydrogen-bond acceptors (Lipinski definition) is 7. The first-order chi connectivity index (χ1) is 15.6. The molecule has 0 spiro atoms. The molecule has 0 radical (unpaired) electrons. The highest BCUT2D eigenvalue weighted by atomic mass is 32.2. The monoisotopic (exact) mass is 482 g/mol. The molecule has 12 heteroatoms. The molecular formula is C21H34N6O5S. The van der Waals surface area contributed by atoms with Gasteiger partial charge >= 0.3 is 5.97 Å². The highest BCUT2D eigenvalue weighted by Crippen LogP contribution is 2.20.